The summed E-state index contributed by atoms with van der Waals surface area (Å²) in [4.78, 5) is 32.7. The van der Waals surface area contributed by atoms with Gasteiger partial charge in [-0.25, -0.2) is 0 Å². The number of carboxylic acid groups (broad SMARTS) is 3. The monoisotopic (exact) mass is 371 g/mol. The van der Waals surface area contributed by atoms with Crippen LogP contribution in [0.2, 0.25) is 0 Å². The SMILES string of the molecule is CCCCCCCC/C=C/[N+](CCC(=O)[O-])(CCC(=O)O)CCC(=O)O. The minimum atomic E-state index is -1.22. The fourth-order valence-electron chi connectivity index (χ4n) is 2.85. The van der Waals surface area contributed by atoms with Gasteiger partial charge in [-0.05, 0) is 18.9 Å². The number of hydrogen-bond donors (Lipinski definition) is 2. The summed E-state index contributed by atoms with van der Waals surface area (Å²) in [5.74, 6) is -3.19. The molecule has 26 heavy (non-hydrogen) atoms. The van der Waals surface area contributed by atoms with Gasteiger partial charge in [0, 0.05) is 12.4 Å². The number of carbonyl (C=O) groups is 3. The van der Waals surface area contributed by atoms with Gasteiger partial charge in [0.15, 0.2) is 0 Å². The number of quaternary nitrogens is 1. The van der Waals surface area contributed by atoms with E-state index >= 15 is 0 Å². The molecule has 0 aromatic heterocycles. The Bertz CT molecular complexity index is 415. The van der Waals surface area contributed by atoms with Gasteiger partial charge in [-0.1, -0.05) is 39.0 Å². The zero-order chi connectivity index (χ0) is 19.8. The fourth-order valence-corrected chi connectivity index (χ4v) is 2.85. The quantitative estimate of drug-likeness (QED) is 0.299. The van der Waals surface area contributed by atoms with Crippen LogP contribution in [0, 0.1) is 0 Å². The first kappa shape index (κ1) is 24.1. The van der Waals surface area contributed by atoms with Crippen LogP contribution in [0.4, 0.5) is 0 Å². The summed E-state index contributed by atoms with van der Waals surface area (Å²) in [5, 5.41) is 28.8. The lowest BCUT2D eigenvalue weighted by molar-refractivity contribution is -0.878. The van der Waals surface area contributed by atoms with Gasteiger partial charge < -0.3 is 20.1 Å². The summed E-state index contributed by atoms with van der Waals surface area (Å²) in [7, 11) is 0. The molecule has 0 unspecified atom stereocenters. The average molecular weight is 371 g/mol. The zero-order valence-corrected chi connectivity index (χ0v) is 15.8. The molecule has 0 atom stereocenters. The van der Waals surface area contributed by atoms with Crippen LogP contribution in [0.25, 0.3) is 0 Å². The van der Waals surface area contributed by atoms with Crippen molar-refractivity contribution in [2.24, 2.45) is 0 Å². The first-order valence-electron chi connectivity index (χ1n) is 9.48. The molecule has 0 aliphatic rings. The van der Waals surface area contributed by atoms with E-state index in [1.807, 2.05) is 6.08 Å². The molecule has 0 fully saturated rings. The Morgan fingerprint density at radius 1 is 0.846 bits per heavy atom. The maximum absolute atomic E-state index is 10.9. The van der Waals surface area contributed by atoms with Gasteiger partial charge >= 0.3 is 11.9 Å². The number of hydrogen-bond acceptors (Lipinski definition) is 4. The van der Waals surface area contributed by atoms with Crippen molar-refractivity contribution < 1.29 is 34.2 Å². The van der Waals surface area contributed by atoms with Crippen LogP contribution in [0.5, 0.6) is 0 Å². The van der Waals surface area contributed by atoms with Crippen LogP contribution >= 0.6 is 0 Å². The Morgan fingerprint density at radius 2 is 1.35 bits per heavy atom. The van der Waals surface area contributed by atoms with Crippen molar-refractivity contribution >= 4 is 17.9 Å². The van der Waals surface area contributed by atoms with Crippen molar-refractivity contribution in [3.8, 4) is 0 Å². The molecular weight excluding hydrogens is 338 g/mol. The van der Waals surface area contributed by atoms with Gasteiger partial charge in [0.25, 0.3) is 0 Å². The predicted molar refractivity (Wildman–Crippen MR) is 96.1 cm³/mol. The number of unbranched alkanes of at least 4 members (excludes halogenated alkanes) is 6. The van der Waals surface area contributed by atoms with Crippen LogP contribution in [-0.4, -0.2) is 52.2 Å². The molecule has 0 saturated heterocycles. The molecule has 0 spiro atoms. The zero-order valence-electron chi connectivity index (χ0n) is 15.8. The second kappa shape index (κ2) is 14.3. The molecule has 150 valence electrons. The second-order valence-corrected chi connectivity index (χ2v) is 6.74. The van der Waals surface area contributed by atoms with Crippen molar-refractivity contribution in [2.45, 2.75) is 71.1 Å². The molecule has 0 radical (unpaired) electrons. The third-order valence-electron chi connectivity index (χ3n) is 4.45. The van der Waals surface area contributed by atoms with Gasteiger partial charge in [0.1, 0.15) is 0 Å². The summed E-state index contributed by atoms with van der Waals surface area (Å²) in [5.41, 5.74) is 0. The van der Waals surface area contributed by atoms with Gasteiger partial charge in [0.05, 0.1) is 38.7 Å². The smallest absolute Gasteiger partial charge is 0.309 e. The van der Waals surface area contributed by atoms with E-state index in [1.54, 1.807) is 6.20 Å². The Labute approximate surface area is 155 Å². The Hall–Kier alpha value is -1.89. The molecule has 0 heterocycles. The van der Waals surface area contributed by atoms with Gasteiger partial charge in [-0.2, -0.15) is 0 Å². The normalized spacial score (nSPS) is 11.7. The highest BCUT2D eigenvalue weighted by Gasteiger charge is 2.26. The lowest BCUT2D eigenvalue weighted by Gasteiger charge is -2.34. The third kappa shape index (κ3) is 13.4. The van der Waals surface area contributed by atoms with Crippen molar-refractivity contribution in [3.63, 3.8) is 0 Å². The number of carboxylic acids is 3. The number of allylic oxidation sites excluding steroid dienone is 1. The maximum Gasteiger partial charge on any atom is 0.309 e. The maximum atomic E-state index is 10.9. The molecule has 0 aromatic carbocycles. The standard InChI is InChI=1S/C19H33NO6/c1-2-3-4-5-6-7-8-9-13-20(14-10-17(21)22,15-11-18(23)24)16-12-19(25)26/h9,13H,2-8,10-12,14-16H2,1H3,(H2-,21,22,23,24,25,26)/b13-9+. The summed E-state index contributed by atoms with van der Waals surface area (Å²) in [6, 6.07) is 0. The first-order chi connectivity index (χ1) is 12.3. The summed E-state index contributed by atoms with van der Waals surface area (Å²) in [6.45, 7) is 2.64. The highest BCUT2D eigenvalue weighted by Crippen LogP contribution is 2.15. The van der Waals surface area contributed by atoms with Crippen LogP contribution in [-0.2, 0) is 14.4 Å². The molecule has 0 aliphatic heterocycles. The van der Waals surface area contributed by atoms with E-state index < -0.39 is 17.9 Å². The highest BCUT2D eigenvalue weighted by molar-refractivity contribution is 5.67. The molecule has 7 heteroatoms. The van der Waals surface area contributed by atoms with E-state index in [4.69, 9.17) is 10.2 Å². The molecule has 7 nitrogen and oxygen atoms in total. The number of carbonyl (C=O) groups excluding carboxylic acids is 1. The molecule has 0 rings (SSSR count). The van der Waals surface area contributed by atoms with Crippen molar-refractivity contribution in [3.05, 3.63) is 12.3 Å². The van der Waals surface area contributed by atoms with E-state index in [2.05, 4.69) is 6.92 Å². The minimum absolute atomic E-state index is 0.0441. The summed E-state index contributed by atoms with van der Waals surface area (Å²) in [6.07, 6.45) is 11.0. The average Bonchev–Trinajstić information content (AvgIpc) is 2.57. The van der Waals surface area contributed by atoms with E-state index in [-0.39, 0.29) is 43.4 Å². The predicted octanol–water partition coefficient (Wildman–Crippen LogP) is 2.16. The number of rotatable bonds is 17. The van der Waals surface area contributed by atoms with Gasteiger partial charge in [0.2, 0.25) is 0 Å². The minimum Gasteiger partial charge on any atom is -0.550 e. The summed E-state index contributed by atoms with van der Waals surface area (Å²) >= 11 is 0. The lowest BCUT2D eigenvalue weighted by atomic mass is 10.1. The van der Waals surface area contributed by atoms with Crippen LogP contribution in [0.3, 0.4) is 0 Å². The summed E-state index contributed by atoms with van der Waals surface area (Å²) < 4.78 is 0.0441. The fraction of sp³-hybridized carbons (Fsp3) is 0.737. The molecule has 0 bridgehead atoms. The number of aliphatic carboxylic acids is 3. The molecule has 0 amide bonds. The topological polar surface area (TPSA) is 115 Å². The Kier molecular flexibility index (Phi) is 13.3. The van der Waals surface area contributed by atoms with E-state index in [1.165, 1.54) is 25.7 Å². The van der Waals surface area contributed by atoms with E-state index in [0.717, 1.165) is 19.3 Å². The van der Waals surface area contributed by atoms with Crippen LogP contribution < -0.4 is 5.11 Å². The molecular formula is C19H33NO6. The second-order valence-electron chi connectivity index (χ2n) is 6.74. The molecule has 0 aliphatic carbocycles. The third-order valence-corrected chi connectivity index (χ3v) is 4.45. The van der Waals surface area contributed by atoms with Gasteiger partial charge in [-0.15, -0.1) is 0 Å². The van der Waals surface area contributed by atoms with Crippen molar-refractivity contribution in [1.82, 2.24) is 0 Å². The van der Waals surface area contributed by atoms with Crippen molar-refractivity contribution in [2.75, 3.05) is 19.6 Å². The van der Waals surface area contributed by atoms with E-state index in [9.17, 15) is 19.5 Å². The highest BCUT2D eigenvalue weighted by atomic mass is 16.4. The van der Waals surface area contributed by atoms with Crippen molar-refractivity contribution in [1.29, 1.82) is 0 Å². The molecule has 2 N–H and O–H groups in total. The number of nitrogens with zero attached hydrogens (tertiary/aromatic N) is 1. The largest absolute Gasteiger partial charge is 0.550 e. The molecule has 0 saturated carbocycles. The first-order valence-corrected chi connectivity index (χ1v) is 9.48. The Morgan fingerprint density at radius 3 is 1.85 bits per heavy atom. The Balaban J connectivity index is 4.80. The van der Waals surface area contributed by atoms with Crippen LogP contribution in [0.15, 0.2) is 12.3 Å². The molecule has 0 aromatic rings. The van der Waals surface area contributed by atoms with Crippen LogP contribution in [0.1, 0.15) is 71.1 Å². The lowest BCUT2D eigenvalue weighted by Crippen LogP contribution is -2.48. The van der Waals surface area contributed by atoms with E-state index in [0.29, 0.717) is 0 Å². The van der Waals surface area contributed by atoms with Gasteiger partial charge in [-0.3, -0.25) is 14.1 Å².